The van der Waals surface area contributed by atoms with Crippen molar-refractivity contribution in [2.24, 2.45) is 0 Å². The van der Waals surface area contributed by atoms with E-state index in [1.807, 2.05) is 43.3 Å². The predicted octanol–water partition coefficient (Wildman–Crippen LogP) is 6.60. The van der Waals surface area contributed by atoms with Crippen LogP contribution in [-0.4, -0.2) is 18.2 Å². The molecular formula is C28H30O4. The standard InChI is InChI=1S/C28H30O4/c1-5-24(20-21-12-14-23(15-13-21)22-10-8-7-9-11-22)31-25-16-18-26(19-17-25)32-28(3,4)27(29)30-6-2/h5,7-19H,6,20H2,1-4H3. The van der Waals surface area contributed by atoms with Crippen LogP contribution in [0, 0.1) is 0 Å². The highest BCUT2D eigenvalue weighted by molar-refractivity contribution is 5.79. The van der Waals surface area contributed by atoms with Crippen molar-refractivity contribution in [1.29, 1.82) is 0 Å². The van der Waals surface area contributed by atoms with Gasteiger partial charge in [-0.05, 0) is 74.7 Å². The van der Waals surface area contributed by atoms with E-state index in [2.05, 4.69) is 36.4 Å². The summed E-state index contributed by atoms with van der Waals surface area (Å²) in [6.07, 6.45) is 2.67. The van der Waals surface area contributed by atoms with E-state index < -0.39 is 11.6 Å². The third-order valence-corrected chi connectivity index (χ3v) is 4.97. The van der Waals surface area contributed by atoms with Crippen LogP contribution < -0.4 is 9.47 Å². The van der Waals surface area contributed by atoms with Crippen LogP contribution in [-0.2, 0) is 16.0 Å². The molecule has 0 atom stereocenters. The Balaban J connectivity index is 1.60. The van der Waals surface area contributed by atoms with Gasteiger partial charge >= 0.3 is 5.97 Å². The molecule has 0 aliphatic carbocycles. The molecule has 3 aromatic rings. The lowest BCUT2D eigenvalue weighted by molar-refractivity contribution is -0.158. The molecule has 4 heteroatoms. The molecule has 0 saturated carbocycles. The molecule has 0 heterocycles. The van der Waals surface area contributed by atoms with Crippen molar-refractivity contribution in [3.8, 4) is 22.6 Å². The van der Waals surface area contributed by atoms with Crippen LogP contribution in [0.1, 0.15) is 33.3 Å². The highest BCUT2D eigenvalue weighted by Crippen LogP contribution is 2.25. The molecule has 0 spiro atoms. The molecule has 32 heavy (non-hydrogen) atoms. The van der Waals surface area contributed by atoms with Gasteiger partial charge in [0.2, 0.25) is 0 Å². The topological polar surface area (TPSA) is 44.8 Å². The van der Waals surface area contributed by atoms with E-state index >= 15 is 0 Å². The maximum atomic E-state index is 12.0. The lowest BCUT2D eigenvalue weighted by Crippen LogP contribution is -2.39. The van der Waals surface area contributed by atoms with E-state index in [1.54, 1.807) is 32.9 Å². The molecule has 0 N–H and O–H groups in total. The van der Waals surface area contributed by atoms with Gasteiger partial charge in [0, 0.05) is 6.42 Å². The first-order chi connectivity index (χ1) is 15.4. The summed E-state index contributed by atoms with van der Waals surface area (Å²) in [6, 6.07) is 26.1. The van der Waals surface area contributed by atoms with Crippen LogP contribution in [0.5, 0.6) is 11.5 Å². The molecule has 0 saturated heterocycles. The maximum absolute atomic E-state index is 12.0. The Hall–Kier alpha value is -3.53. The van der Waals surface area contributed by atoms with Gasteiger partial charge in [0.15, 0.2) is 5.60 Å². The molecule has 0 amide bonds. The fraction of sp³-hybridized carbons (Fsp3) is 0.250. The van der Waals surface area contributed by atoms with Crippen molar-refractivity contribution in [1.82, 2.24) is 0 Å². The van der Waals surface area contributed by atoms with Gasteiger partial charge in [0.05, 0.1) is 6.61 Å². The Bertz CT molecular complexity index is 1030. The lowest BCUT2D eigenvalue weighted by atomic mass is 10.0. The summed E-state index contributed by atoms with van der Waals surface area (Å²) in [7, 11) is 0. The van der Waals surface area contributed by atoms with Crippen LogP contribution in [0.15, 0.2) is 90.7 Å². The van der Waals surface area contributed by atoms with Crippen LogP contribution >= 0.6 is 0 Å². The van der Waals surface area contributed by atoms with Gasteiger partial charge in [-0.3, -0.25) is 0 Å². The van der Waals surface area contributed by atoms with E-state index in [9.17, 15) is 4.79 Å². The zero-order chi connectivity index (χ0) is 23.0. The van der Waals surface area contributed by atoms with Crippen molar-refractivity contribution < 1.29 is 19.0 Å². The Morgan fingerprint density at radius 2 is 1.44 bits per heavy atom. The number of hydrogen-bond donors (Lipinski definition) is 0. The van der Waals surface area contributed by atoms with E-state index in [4.69, 9.17) is 14.2 Å². The zero-order valence-electron chi connectivity index (χ0n) is 19.1. The van der Waals surface area contributed by atoms with Crippen molar-refractivity contribution in [3.63, 3.8) is 0 Å². The third kappa shape index (κ3) is 6.24. The molecule has 0 bridgehead atoms. The summed E-state index contributed by atoms with van der Waals surface area (Å²) in [4.78, 5) is 12.0. The fourth-order valence-corrected chi connectivity index (χ4v) is 3.21. The second-order valence-corrected chi connectivity index (χ2v) is 7.90. The van der Waals surface area contributed by atoms with Crippen molar-refractivity contribution in [2.75, 3.05) is 6.61 Å². The largest absolute Gasteiger partial charge is 0.476 e. The monoisotopic (exact) mass is 430 g/mol. The fourth-order valence-electron chi connectivity index (χ4n) is 3.21. The number of carbonyl (C=O) groups excluding carboxylic acids is 1. The Labute approximate surface area is 190 Å². The summed E-state index contributed by atoms with van der Waals surface area (Å²) >= 11 is 0. The number of allylic oxidation sites excluding steroid dienone is 2. The Morgan fingerprint density at radius 1 is 0.844 bits per heavy atom. The van der Waals surface area contributed by atoms with Gasteiger partial charge in [0.25, 0.3) is 0 Å². The smallest absolute Gasteiger partial charge is 0.349 e. The van der Waals surface area contributed by atoms with E-state index in [-0.39, 0.29) is 0 Å². The van der Waals surface area contributed by atoms with Gasteiger partial charge in [-0.15, -0.1) is 0 Å². The van der Waals surface area contributed by atoms with E-state index in [1.165, 1.54) is 16.7 Å². The van der Waals surface area contributed by atoms with Crippen LogP contribution in [0.4, 0.5) is 0 Å². The Kier molecular flexibility index (Phi) is 7.72. The van der Waals surface area contributed by atoms with Gasteiger partial charge in [-0.2, -0.15) is 0 Å². The summed E-state index contributed by atoms with van der Waals surface area (Å²) in [6.45, 7) is 7.44. The number of carbonyl (C=O) groups is 1. The highest BCUT2D eigenvalue weighted by Gasteiger charge is 2.31. The molecule has 0 aliphatic heterocycles. The maximum Gasteiger partial charge on any atom is 0.349 e. The first kappa shape index (κ1) is 23.1. The van der Waals surface area contributed by atoms with E-state index in [0.717, 1.165) is 5.76 Å². The SMILES string of the molecule is CC=C(Cc1ccc(-c2ccccc2)cc1)Oc1ccc(OC(C)(C)C(=O)OCC)cc1. The average molecular weight is 431 g/mol. The molecule has 166 valence electrons. The number of hydrogen-bond acceptors (Lipinski definition) is 4. The molecule has 0 aliphatic rings. The van der Waals surface area contributed by atoms with E-state index in [0.29, 0.717) is 24.5 Å². The minimum atomic E-state index is -1.06. The molecule has 3 aromatic carbocycles. The molecular weight excluding hydrogens is 400 g/mol. The third-order valence-electron chi connectivity index (χ3n) is 4.97. The van der Waals surface area contributed by atoms with Crippen LogP contribution in [0.25, 0.3) is 11.1 Å². The number of rotatable bonds is 9. The Morgan fingerprint density at radius 3 is 2.03 bits per heavy atom. The summed E-state index contributed by atoms with van der Waals surface area (Å²) < 4.78 is 16.9. The predicted molar refractivity (Wildman–Crippen MR) is 128 cm³/mol. The minimum Gasteiger partial charge on any atom is -0.476 e. The molecule has 0 radical (unpaired) electrons. The zero-order valence-corrected chi connectivity index (χ0v) is 19.1. The first-order valence-corrected chi connectivity index (χ1v) is 10.8. The summed E-state index contributed by atoms with van der Waals surface area (Å²) in [5.74, 6) is 1.75. The molecule has 3 rings (SSSR count). The van der Waals surface area contributed by atoms with Crippen LogP contribution in [0.2, 0.25) is 0 Å². The summed E-state index contributed by atoms with van der Waals surface area (Å²) in [5.41, 5.74) is 2.52. The van der Waals surface area contributed by atoms with Crippen molar-refractivity contribution >= 4 is 5.97 Å². The minimum absolute atomic E-state index is 0.319. The highest BCUT2D eigenvalue weighted by atomic mass is 16.6. The summed E-state index contributed by atoms with van der Waals surface area (Å²) in [5, 5.41) is 0. The number of esters is 1. The van der Waals surface area contributed by atoms with Gasteiger partial charge < -0.3 is 14.2 Å². The number of benzene rings is 3. The van der Waals surface area contributed by atoms with Crippen molar-refractivity contribution in [2.45, 2.75) is 39.7 Å². The first-order valence-electron chi connectivity index (χ1n) is 10.8. The molecule has 4 nitrogen and oxygen atoms in total. The lowest BCUT2D eigenvalue weighted by Gasteiger charge is -2.24. The second-order valence-electron chi connectivity index (χ2n) is 7.90. The van der Waals surface area contributed by atoms with Gasteiger partial charge in [0.1, 0.15) is 17.3 Å². The van der Waals surface area contributed by atoms with Gasteiger partial charge in [-0.25, -0.2) is 4.79 Å². The number of ether oxygens (including phenoxy) is 3. The second kappa shape index (κ2) is 10.7. The molecule has 0 aromatic heterocycles. The van der Waals surface area contributed by atoms with Gasteiger partial charge in [-0.1, -0.05) is 54.6 Å². The van der Waals surface area contributed by atoms with Crippen LogP contribution in [0.3, 0.4) is 0 Å². The van der Waals surface area contributed by atoms with Crippen molar-refractivity contribution in [3.05, 3.63) is 96.3 Å². The molecule has 0 fully saturated rings. The quantitative estimate of drug-likeness (QED) is 0.283. The molecule has 0 unspecified atom stereocenters. The average Bonchev–Trinajstić information content (AvgIpc) is 2.81. The normalized spacial score (nSPS) is 11.7.